The van der Waals surface area contributed by atoms with Crippen LogP contribution in [0.25, 0.3) is 43.9 Å². The number of aromatic hydroxyl groups is 1. The Kier molecular flexibility index (Phi) is 11.7. The number of nitrogens with zero attached hydrogens (tertiary/aromatic N) is 2. The van der Waals surface area contributed by atoms with E-state index >= 15 is 0 Å². The van der Waals surface area contributed by atoms with Crippen LogP contribution in [0.15, 0.2) is 197 Å². The van der Waals surface area contributed by atoms with Gasteiger partial charge in [-0.05, 0) is 97.4 Å². The minimum absolute atomic E-state index is 0.0217. The first kappa shape index (κ1) is 46.9. The topological polar surface area (TPSA) is 49.1 Å². The molecule has 0 radical (unpaired) electrons. The lowest BCUT2D eigenvalue weighted by molar-refractivity contribution is 0.139. The molecule has 0 fully saturated rings. The smallest absolute Gasteiger partial charge is 0.159 e. The van der Waals surface area contributed by atoms with Gasteiger partial charge in [-0.1, -0.05) is 193 Å². The highest BCUT2D eigenvalue weighted by atomic mass is 16.5. The number of hydrogen-bond donors (Lipinski definition) is 1. The fourth-order valence-corrected chi connectivity index (χ4v) is 11.7. The number of fused-ring (bicyclic) bond motifs is 7. The summed E-state index contributed by atoms with van der Waals surface area (Å²) >= 11 is 0. The zero-order valence-corrected chi connectivity index (χ0v) is 43.3. The SMILES string of the molecule is C=C(/C=C(\C1=CCCC=C1C)N(C1CC=CC=C1C)C1C=CC=C2c3cccc(C(C)(C)C)c3OC21)c1cc(N(c2ccccc2C)c2cccc3c2oc2c(C(C)(C)C)cccc23)c2ccccc2c1O. The number of anilines is 3. The Hall–Kier alpha value is -7.50. The first-order chi connectivity index (χ1) is 34.6. The van der Waals surface area contributed by atoms with Crippen molar-refractivity contribution in [2.24, 2.45) is 0 Å². The fourth-order valence-electron chi connectivity index (χ4n) is 11.7. The number of aryl methyl sites for hydroxylation is 1. The molecule has 5 nitrogen and oxygen atoms in total. The maximum atomic E-state index is 12.7. The van der Waals surface area contributed by atoms with Gasteiger partial charge in [0.05, 0.1) is 23.5 Å². The third kappa shape index (κ3) is 7.94. The minimum Gasteiger partial charge on any atom is -0.507 e. The maximum Gasteiger partial charge on any atom is 0.159 e. The molecule has 7 aromatic rings. The van der Waals surface area contributed by atoms with Gasteiger partial charge in [-0.2, -0.15) is 0 Å². The lowest BCUT2D eigenvalue weighted by Crippen LogP contribution is -2.50. The molecule has 0 bridgehead atoms. The number of rotatable bonds is 9. The van der Waals surface area contributed by atoms with Gasteiger partial charge in [-0.3, -0.25) is 0 Å². The van der Waals surface area contributed by atoms with Crippen LogP contribution in [-0.2, 0) is 10.8 Å². The molecule has 0 saturated carbocycles. The Bertz CT molecular complexity index is 3590. The molecule has 0 spiro atoms. The highest BCUT2D eigenvalue weighted by Crippen LogP contribution is 2.52. The molecule has 1 N–H and O–H groups in total. The molecule has 0 amide bonds. The summed E-state index contributed by atoms with van der Waals surface area (Å²) in [5.74, 6) is 1.17. The molecule has 6 aromatic carbocycles. The van der Waals surface area contributed by atoms with E-state index in [1.165, 1.54) is 33.4 Å². The van der Waals surface area contributed by atoms with Gasteiger partial charge in [-0.15, -0.1) is 0 Å². The van der Waals surface area contributed by atoms with E-state index in [0.717, 1.165) is 91.6 Å². The van der Waals surface area contributed by atoms with Crippen molar-refractivity contribution in [1.29, 1.82) is 0 Å². The Balaban J connectivity index is 1.13. The van der Waals surface area contributed by atoms with Crippen molar-refractivity contribution in [3.63, 3.8) is 0 Å². The molecule has 2 heterocycles. The van der Waals surface area contributed by atoms with Crippen LogP contribution < -0.4 is 9.64 Å². The Morgan fingerprint density at radius 2 is 1.36 bits per heavy atom. The van der Waals surface area contributed by atoms with E-state index in [0.29, 0.717) is 11.1 Å². The standard InChI is InChI=1S/C67H66N2O3/c1-41-23-11-14-26-45(41)59(68(55-35-17-12-24-42(55)2)57-37-21-31-50-48-29-19-33-53(66(5,6)7)62(48)71-64(50)57)39-44(4)52-40-60(46-27-15-16-28-47(46)61(52)70)69(56-36-18-13-25-43(56)3)58-38-22-32-51-49-30-20-34-54(67(8,9)10)63(49)72-65(51)58/h12-13,15-34,36-40,55,57,64,70H,4,11,14,35H2,1-3,5-10H3/b59-39+. The van der Waals surface area contributed by atoms with Gasteiger partial charge in [0.25, 0.3) is 0 Å². The summed E-state index contributed by atoms with van der Waals surface area (Å²) in [5, 5.41) is 16.5. The molecule has 11 rings (SSSR count). The normalized spacial score (nSPS) is 18.8. The van der Waals surface area contributed by atoms with E-state index in [1.807, 2.05) is 12.1 Å². The molecular formula is C67H66N2O3. The molecule has 3 aliphatic carbocycles. The number of benzene rings is 6. The van der Waals surface area contributed by atoms with Crippen LogP contribution in [0.3, 0.4) is 0 Å². The summed E-state index contributed by atoms with van der Waals surface area (Å²) < 4.78 is 14.4. The highest BCUT2D eigenvalue weighted by molar-refractivity contribution is 6.13. The van der Waals surface area contributed by atoms with Crippen molar-refractivity contribution in [3.8, 4) is 11.5 Å². The van der Waals surface area contributed by atoms with Crippen LogP contribution >= 0.6 is 0 Å². The number of allylic oxidation sites excluding steroid dienone is 9. The van der Waals surface area contributed by atoms with E-state index in [-0.39, 0.29) is 34.8 Å². The van der Waals surface area contributed by atoms with Crippen molar-refractivity contribution < 1.29 is 14.3 Å². The zero-order chi connectivity index (χ0) is 50.2. The van der Waals surface area contributed by atoms with Gasteiger partial charge < -0.3 is 24.1 Å². The Morgan fingerprint density at radius 3 is 2.11 bits per heavy atom. The molecular weight excluding hydrogens is 881 g/mol. The molecule has 3 unspecified atom stereocenters. The Morgan fingerprint density at radius 1 is 0.694 bits per heavy atom. The quantitative estimate of drug-likeness (QED) is 0.146. The van der Waals surface area contributed by atoms with Gasteiger partial charge in [0, 0.05) is 60.8 Å². The third-order valence-electron chi connectivity index (χ3n) is 15.4. The lowest BCUT2D eigenvalue weighted by Gasteiger charge is -2.45. The number of hydrogen-bond acceptors (Lipinski definition) is 5. The average Bonchev–Trinajstić information content (AvgIpc) is 3.95. The van der Waals surface area contributed by atoms with Crippen molar-refractivity contribution in [2.75, 3.05) is 4.90 Å². The van der Waals surface area contributed by atoms with Gasteiger partial charge >= 0.3 is 0 Å². The number of furan rings is 1. The molecule has 1 aliphatic heterocycles. The second-order valence-electron chi connectivity index (χ2n) is 22.3. The summed E-state index contributed by atoms with van der Waals surface area (Å²) in [6.45, 7) is 25.1. The number of phenols is 1. The van der Waals surface area contributed by atoms with Gasteiger partial charge in [-0.25, -0.2) is 0 Å². The Labute approximate surface area is 425 Å². The van der Waals surface area contributed by atoms with Gasteiger partial charge in [0.15, 0.2) is 5.58 Å². The van der Waals surface area contributed by atoms with Crippen molar-refractivity contribution in [3.05, 3.63) is 221 Å². The van der Waals surface area contributed by atoms with Crippen LogP contribution in [0, 0.1) is 6.92 Å². The van der Waals surface area contributed by atoms with Crippen LogP contribution in [0.4, 0.5) is 17.1 Å². The minimum atomic E-state index is -0.249. The summed E-state index contributed by atoms with van der Waals surface area (Å²) in [7, 11) is 0. The van der Waals surface area contributed by atoms with Crippen LogP contribution in [-0.4, -0.2) is 28.2 Å². The molecule has 72 heavy (non-hydrogen) atoms. The van der Waals surface area contributed by atoms with E-state index in [4.69, 9.17) is 15.7 Å². The van der Waals surface area contributed by atoms with E-state index in [2.05, 4.69) is 224 Å². The molecule has 4 aliphatic rings. The van der Waals surface area contributed by atoms with E-state index in [9.17, 15) is 5.11 Å². The molecule has 1 aromatic heterocycles. The molecule has 3 atom stereocenters. The fraction of sp³-hybridized carbons (Fsp3) is 0.254. The summed E-state index contributed by atoms with van der Waals surface area (Å²) in [6, 6.07) is 38.3. The third-order valence-corrected chi connectivity index (χ3v) is 15.4. The predicted octanol–water partition coefficient (Wildman–Crippen LogP) is 17.7. The lowest BCUT2D eigenvalue weighted by atomic mass is 9.83. The zero-order valence-electron chi connectivity index (χ0n) is 43.3. The van der Waals surface area contributed by atoms with Crippen molar-refractivity contribution in [2.45, 2.75) is 111 Å². The van der Waals surface area contributed by atoms with Gasteiger partial charge in [0.2, 0.25) is 0 Å². The average molecular weight is 947 g/mol. The van der Waals surface area contributed by atoms with Gasteiger partial charge in [0.1, 0.15) is 23.2 Å². The first-order valence-electron chi connectivity index (χ1n) is 25.7. The largest absolute Gasteiger partial charge is 0.507 e. The monoisotopic (exact) mass is 947 g/mol. The van der Waals surface area contributed by atoms with Crippen molar-refractivity contribution in [1.82, 2.24) is 4.90 Å². The number of phenolic OH excluding ortho intramolecular Hbond substituents is 1. The molecule has 362 valence electrons. The molecule has 0 saturated heterocycles. The van der Waals surface area contributed by atoms with Crippen LogP contribution in [0.2, 0.25) is 0 Å². The van der Waals surface area contributed by atoms with E-state index in [1.54, 1.807) is 0 Å². The number of para-hydroxylation sites is 4. The van der Waals surface area contributed by atoms with Crippen LogP contribution in [0.5, 0.6) is 11.5 Å². The second kappa shape index (κ2) is 18.0. The predicted molar refractivity (Wildman–Crippen MR) is 303 cm³/mol. The summed E-state index contributed by atoms with van der Waals surface area (Å²) in [4.78, 5) is 4.94. The molecule has 5 heteroatoms. The first-order valence-corrected chi connectivity index (χ1v) is 25.7. The van der Waals surface area contributed by atoms with Crippen molar-refractivity contribution >= 4 is 60.9 Å². The maximum absolute atomic E-state index is 12.7. The summed E-state index contributed by atoms with van der Waals surface area (Å²) in [6.07, 6.45) is 23.0. The second-order valence-corrected chi connectivity index (χ2v) is 22.3. The van der Waals surface area contributed by atoms with Crippen LogP contribution in [0.1, 0.15) is 102 Å². The summed E-state index contributed by atoms with van der Waals surface area (Å²) in [5.41, 5.74) is 16.2. The number of ether oxygens (including phenoxy) is 1. The van der Waals surface area contributed by atoms with E-state index < -0.39 is 0 Å². The highest BCUT2D eigenvalue weighted by Gasteiger charge is 2.44.